The first-order valence-corrected chi connectivity index (χ1v) is 8.65. The van der Waals surface area contributed by atoms with Crippen LogP contribution in [0.15, 0.2) is 35.7 Å². The zero-order valence-corrected chi connectivity index (χ0v) is 13.6. The van der Waals surface area contributed by atoms with Gasteiger partial charge in [-0.15, -0.1) is 11.3 Å². The summed E-state index contributed by atoms with van der Waals surface area (Å²) in [5.41, 5.74) is 2.75. The standard InChI is InChI=1S/C18H23NOS/c1-3-8-19-18(16-9-13(2)21-12-16)15-10-14-6-4-5-7-17(14)20-11-15/h4-7,9,12,15,18-19H,3,8,10-11H2,1-2H3. The van der Waals surface area contributed by atoms with Crippen molar-refractivity contribution in [3.8, 4) is 5.75 Å². The van der Waals surface area contributed by atoms with Crippen LogP contribution in [0.3, 0.4) is 0 Å². The Kier molecular flexibility index (Phi) is 4.61. The van der Waals surface area contributed by atoms with E-state index < -0.39 is 0 Å². The fourth-order valence-corrected chi connectivity index (χ4v) is 3.79. The predicted octanol–water partition coefficient (Wildman–Crippen LogP) is 4.35. The molecule has 1 aromatic carbocycles. The quantitative estimate of drug-likeness (QED) is 0.886. The number of fused-ring (bicyclic) bond motifs is 1. The lowest BCUT2D eigenvalue weighted by Gasteiger charge is -2.32. The number of thiophene rings is 1. The molecule has 1 aliphatic heterocycles. The molecule has 0 bridgehead atoms. The molecule has 0 amide bonds. The Balaban J connectivity index is 1.81. The van der Waals surface area contributed by atoms with E-state index in [-0.39, 0.29) is 0 Å². The van der Waals surface area contributed by atoms with Crippen LogP contribution in [0.25, 0.3) is 0 Å². The number of hydrogen-bond donors (Lipinski definition) is 1. The van der Waals surface area contributed by atoms with Gasteiger partial charge in [0.05, 0.1) is 6.61 Å². The van der Waals surface area contributed by atoms with Crippen molar-refractivity contribution in [3.63, 3.8) is 0 Å². The van der Waals surface area contributed by atoms with Gasteiger partial charge in [0.1, 0.15) is 5.75 Å². The zero-order chi connectivity index (χ0) is 14.7. The Bertz CT molecular complexity index is 592. The normalized spacial score (nSPS) is 18.9. The van der Waals surface area contributed by atoms with Crippen molar-refractivity contribution in [1.82, 2.24) is 5.32 Å². The first kappa shape index (κ1) is 14.6. The molecule has 0 saturated heterocycles. The van der Waals surface area contributed by atoms with Crippen LogP contribution in [0.2, 0.25) is 0 Å². The second kappa shape index (κ2) is 6.63. The lowest BCUT2D eigenvalue weighted by Crippen LogP contribution is -2.35. The smallest absolute Gasteiger partial charge is 0.122 e. The van der Waals surface area contributed by atoms with Crippen molar-refractivity contribution < 1.29 is 4.74 Å². The summed E-state index contributed by atoms with van der Waals surface area (Å²) in [4.78, 5) is 1.38. The van der Waals surface area contributed by atoms with Crippen LogP contribution in [-0.4, -0.2) is 13.2 Å². The molecule has 1 aromatic heterocycles. The minimum Gasteiger partial charge on any atom is -0.493 e. The summed E-state index contributed by atoms with van der Waals surface area (Å²) in [7, 11) is 0. The summed E-state index contributed by atoms with van der Waals surface area (Å²) in [6, 6.07) is 11.1. The average Bonchev–Trinajstić information content (AvgIpc) is 2.94. The molecule has 0 fully saturated rings. The Morgan fingerprint density at radius 1 is 1.38 bits per heavy atom. The fraction of sp³-hybridized carbons (Fsp3) is 0.444. The van der Waals surface area contributed by atoms with Gasteiger partial charge in [0.25, 0.3) is 0 Å². The van der Waals surface area contributed by atoms with Gasteiger partial charge < -0.3 is 10.1 Å². The van der Waals surface area contributed by atoms with Gasteiger partial charge in [0.2, 0.25) is 0 Å². The number of benzene rings is 1. The summed E-state index contributed by atoms with van der Waals surface area (Å²) in [5.74, 6) is 1.56. The molecule has 21 heavy (non-hydrogen) atoms. The molecule has 0 spiro atoms. The highest BCUT2D eigenvalue weighted by Gasteiger charge is 2.28. The lowest BCUT2D eigenvalue weighted by molar-refractivity contribution is 0.184. The Hall–Kier alpha value is -1.32. The maximum Gasteiger partial charge on any atom is 0.122 e. The fourth-order valence-electron chi connectivity index (χ4n) is 3.05. The van der Waals surface area contributed by atoms with E-state index in [2.05, 4.69) is 48.8 Å². The van der Waals surface area contributed by atoms with E-state index in [0.29, 0.717) is 12.0 Å². The van der Waals surface area contributed by atoms with Crippen LogP contribution in [0.4, 0.5) is 0 Å². The molecule has 0 radical (unpaired) electrons. The number of ether oxygens (including phenoxy) is 1. The van der Waals surface area contributed by atoms with Crippen molar-refractivity contribution in [2.45, 2.75) is 32.7 Å². The first-order chi connectivity index (χ1) is 10.3. The molecule has 2 aromatic rings. The number of hydrogen-bond acceptors (Lipinski definition) is 3. The molecule has 1 aliphatic rings. The van der Waals surface area contributed by atoms with E-state index in [1.165, 1.54) is 16.0 Å². The molecule has 1 N–H and O–H groups in total. The van der Waals surface area contributed by atoms with E-state index in [1.54, 1.807) is 0 Å². The molecule has 2 atom stereocenters. The van der Waals surface area contributed by atoms with Gasteiger partial charge in [-0.05, 0) is 54.9 Å². The summed E-state index contributed by atoms with van der Waals surface area (Å²) < 4.78 is 5.99. The molecular formula is C18H23NOS. The number of rotatable bonds is 5. The third kappa shape index (κ3) is 3.30. The van der Waals surface area contributed by atoms with Gasteiger partial charge >= 0.3 is 0 Å². The maximum atomic E-state index is 5.99. The Labute approximate surface area is 131 Å². The molecular weight excluding hydrogens is 278 g/mol. The Morgan fingerprint density at radius 3 is 3.00 bits per heavy atom. The highest BCUT2D eigenvalue weighted by Crippen LogP contribution is 2.34. The number of nitrogens with one attached hydrogen (secondary N) is 1. The molecule has 0 aliphatic carbocycles. The molecule has 2 heterocycles. The summed E-state index contributed by atoms with van der Waals surface area (Å²) in [5, 5.41) is 6.02. The van der Waals surface area contributed by atoms with E-state index in [0.717, 1.165) is 31.7 Å². The predicted molar refractivity (Wildman–Crippen MR) is 89.2 cm³/mol. The number of aryl methyl sites for hydroxylation is 1. The third-order valence-corrected chi connectivity index (χ3v) is 4.98. The monoisotopic (exact) mass is 301 g/mol. The van der Waals surface area contributed by atoms with Gasteiger partial charge in [-0.3, -0.25) is 0 Å². The minimum absolute atomic E-state index is 0.392. The van der Waals surface area contributed by atoms with Gasteiger partial charge in [-0.25, -0.2) is 0 Å². The molecule has 3 rings (SSSR count). The zero-order valence-electron chi connectivity index (χ0n) is 12.8. The van der Waals surface area contributed by atoms with Crippen molar-refractivity contribution in [3.05, 3.63) is 51.7 Å². The van der Waals surface area contributed by atoms with Crippen LogP contribution in [0, 0.1) is 12.8 Å². The lowest BCUT2D eigenvalue weighted by atomic mass is 9.87. The van der Waals surface area contributed by atoms with Gasteiger partial charge in [0.15, 0.2) is 0 Å². The summed E-state index contributed by atoms with van der Waals surface area (Å²) in [6.07, 6.45) is 2.25. The van der Waals surface area contributed by atoms with E-state index in [9.17, 15) is 0 Å². The van der Waals surface area contributed by atoms with E-state index in [4.69, 9.17) is 4.74 Å². The molecule has 112 valence electrons. The largest absolute Gasteiger partial charge is 0.493 e. The summed E-state index contributed by atoms with van der Waals surface area (Å²) in [6.45, 7) is 6.25. The van der Waals surface area contributed by atoms with Crippen LogP contribution < -0.4 is 10.1 Å². The second-order valence-electron chi connectivity index (χ2n) is 5.81. The van der Waals surface area contributed by atoms with Crippen LogP contribution in [0.1, 0.15) is 35.4 Å². The second-order valence-corrected chi connectivity index (χ2v) is 6.92. The first-order valence-electron chi connectivity index (χ1n) is 7.77. The van der Waals surface area contributed by atoms with Crippen molar-refractivity contribution >= 4 is 11.3 Å². The highest BCUT2D eigenvalue weighted by molar-refractivity contribution is 7.10. The summed E-state index contributed by atoms with van der Waals surface area (Å²) >= 11 is 1.83. The van der Waals surface area contributed by atoms with Crippen molar-refractivity contribution in [2.24, 2.45) is 5.92 Å². The molecule has 3 heteroatoms. The SMILES string of the molecule is CCCNC(c1csc(C)c1)C1COc2ccccc2C1. The van der Waals surface area contributed by atoms with E-state index >= 15 is 0 Å². The average molecular weight is 301 g/mol. The maximum absolute atomic E-state index is 5.99. The minimum atomic E-state index is 0.392. The Morgan fingerprint density at radius 2 is 2.24 bits per heavy atom. The molecule has 0 saturated carbocycles. The van der Waals surface area contributed by atoms with E-state index in [1.807, 2.05) is 17.4 Å². The number of para-hydroxylation sites is 1. The molecule has 2 unspecified atom stereocenters. The van der Waals surface area contributed by atoms with Gasteiger partial charge in [0, 0.05) is 16.8 Å². The van der Waals surface area contributed by atoms with Crippen molar-refractivity contribution in [2.75, 3.05) is 13.2 Å². The van der Waals surface area contributed by atoms with Crippen LogP contribution in [0.5, 0.6) is 5.75 Å². The van der Waals surface area contributed by atoms with Crippen LogP contribution in [-0.2, 0) is 6.42 Å². The highest BCUT2D eigenvalue weighted by atomic mass is 32.1. The van der Waals surface area contributed by atoms with Gasteiger partial charge in [-0.2, -0.15) is 0 Å². The van der Waals surface area contributed by atoms with Gasteiger partial charge in [-0.1, -0.05) is 25.1 Å². The topological polar surface area (TPSA) is 21.3 Å². The van der Waals surface area contributed by atoms with Crippen LogP contribution >= 0.6 is 11.3 Å². The third-order valence-electron chi connectivity index (χ3n) is 4.10. The molecule has 2 nitrogen and oxygen atoms in total. The van der Waals surface area contributed by atoms with Crippen molar-refractivity contribution in [1.29, 1.82) is 0 Å².